The fourth-order valence-electron chi connectivity index (χ4n) is 6.89. The van der Waals surface area contributed by atoms with Crippen LogP contribution in [0.1, 0.15) is 90.8 Å². The third-order valence-electron chi connectivity index (χ3n) is 9.69. The molecule has 0 bridgehead atoms. The molecule has 14 nitrogen and oxygen atoms in total. The fourth-order valence-corrected chi connectivity index (χ4v) is 6.89. The van der Waals surface area contributed by atoms with E-state index < -0.39 is 66.8 Å². The van der Waals surface area contributed by atoms with Crippen LogP contribution in [-0.2, 0) is 29.0 Å². The molecule has 1 fully saturated rings. The molecule has 0 aromatic heterocycles. The predicted octanol–water partition coefficient (Wildman–Crippen LogP) is 2.00. The normalized spacial score (nSPS) is 20.8. The molecule has 6 rings (SSSR count). The molecule has 4 aromatic carbocycles. The first-order valence-electron chi connectivity index (χ1n) is 17.6. The first-order chi connectivity index (χ1) is 26.2. The minimum Gasteiger partial charge on any atom is -0.507 e. The summed E-state index contributed by atoms with van der Waals surface area (Å²) >= 11 is 0. The van der Waals surface area contributed by atoms with Gasteiger partial charge in [-0.15, -0.1) is 0 Å². The molecule has 2 aliphatic rings. The van der Waals surface area contributed by atoms with Gasteiger partial charge in [0, 0.05) is 47.8 Å². The first-order valence-corrected chi connectivity index (χ1v) is 17.6. The highest BCUT2D eigenvalue weighted by Gasteiger charge is 2.44. The standard InChI is InChI=1S/C41H42N2O12/c1-19-34(47)38(51)39(52)41(53-19)55-30-17-28-33(35(48)27(30)15-23-7-4-8-24(14-23)40(42)43)37(50)31-25(18-45)16-29(54-20(2)46)26(32(31)36(28)49)10-9-21-5-3-6-22(13-21)11-12-44/h3-10,13-14,16-17,19,34,38-41,44-45,47-48,51-52H,11-12,15,18,42-43H2,1-2H3/t19-,34-,38-,39-,41-/m1/s1. The Bertz CT molecular complexity index is 2180. The van der Waals surface area contributed by atoms with Gasteiger partial charge < -0.3 is 56.3 Å². The summed E-state index contributed by atoms with van der Waals surface area (Å²) in [5, 5.41) is 63.5. The van der Waals surface area contributed by atoms with Crippen LogP contribution < -0.4 is 20.9 Å². The van der Waals surface area contributed by atoms with Crippen molar-refractivity contribution in [3.05, 3.63) is 122 Å². The Labute approximate surface area is 315 Å². The second kappa shape index (κ2) is 16.2. The lowest BCUT2D eigenvalue weighted by Crippen LogP contribution is -2.58. The van der Waals surface area contributed by atoms with E-state index in [1.165, 1.54) is 25.1 Å². The average Bonchev–Trinajstić information content (AvgIpc) is 3.15. The maximum Gasteiger partial charge on any atom is 0.308 e. The van der Waals surface area contributed by atoms with E-state index >= 15 is 0 Å². The molecule has 1 heterocycles. The minimum atomic E-state index is -1.76. The number of carbonyl (C=O) groups excluding carboxylic acids is 3. The summed E-state index contributed by atoms with van der Waals surface area (Å²) < 4.78 is 17.3. The van der Waals surface area contributed by atoms with Gasteiger partial charge in [-0.25, -0.2) is 0 Å². The van der Waals surface area contributed by atoms with E-state index in [-0.39, 0.29) is 63.5 Å². The van der Waals surface area contributed by atoms with Gasteiger partial charge in [-0.2, -0.15) is 0 Å². The van der Waals surface area contributed by atoms with Crippen LogP contribution in [0.5, 0.6) is 17.2 Å². The molecule has 1 saturated heterocycles. The molecule has 0 unspecified atom stereocenters. The Morgan fingerprint density at radius 1 is 0.873 bits per heavy atom. The summed E-state index contributed by atoms with van der Waals surface area (Å²) in [5.74, 6) is -3.28. The molecule has 5 atom stereocenters. The van der Waals surface area contributed by atoms with Gasteiger partial charge >= 0.3 is 5.97 Å². The summed E-state index contributed by atoms with van der Waals surface area (Å²) in [6.07, 6.45) is -4.87. The smallest absolute Gasteiger partial charge is 0.308 e. The van der Waals surface area contributed by atoms with Crippen LogP contribution in [0.4, 0.5) is 0 Å². The number of phenolic OH excluding ortho intramolecular Hbond substituents is 1. The van der Waals surface area contributed by atoms with Gasteiger partial charge in [-0.05, 0) is 59.4 Å². The highest BCUT2D eigenvalue weighted by Crippen LogP contribution is 2.45. The Morgan fingerprint density at radius 3 is 2.29 bits per heavy atom. The number of aromatic hydroxyl groups is 1. The largest absolute Gasteiger partial charge is 0.507 e. The molecule has 1 aliphatic heterocycles. The van der Waals surface area contributed by atoms with Gasteiger partial charge in [0.05, 0.1) is 24.4 Å². The second-order valence-electron chi connectivity index (χ2n) is 13.5. The number of aliphatic hydroxyl groups excluding tert-OH is 5. The van der Waals surface area contributed by atoms with Gasteiger partial charge in [0.25, 0.3) is 0 Å². The van der Waals surface area contributed by atoms with Crippen molar-refractivity contribution < 1.29 is 59.2 Å². The predicted molar refractivity (Wildman–Crippen MR) is 198 cm³/mol. The van der Waals surface area contributed by atoms with Crippen molar-refractivity contribution in [2.24, 2.45) is 11.5 Å². The van der Waals surface area contributed by atoms with Gasteiger partial charge in [0.2, 0.25) is 6.29 Å². The zero-order valence-electron chi connectivity index (χ0n) is 30.0. The summed E-state index contributed by atoms with van der Waals surface area (Å²) in [6, 6.07) is 16.5. The number of hydrogen-bond donors (Lipinski definition) is 8. The Kier molecular flexibility index (Phi) is 11.6. The van der Waals surface area contributed by atoms with Crippen LogP contribution in [0.25, 0.3) is 12.2 Å². The lowest BCUT2D eigenvalue weighted by Gasteiger charge is -2.39. The third-order valence-corrected chi connectivity index (χ3v) is 9.69. The highest BCUT2D eigenvalue weighted by atomic mass is 16.7. The summed E-state index contributed by atoms with van der Waals surface area (Å²) in [6.45, 7) is 1.81. The van der Waals surface area contributed by atoms with Gasteiger partial charge in [-0.1, -0.05) is 54.6 Å². The zero-order valence-corrected chi connectivity index (χ0v) is 30.0. The highest BCUT2D eigenvalue weighted by molar-refractivity contribution is 6.31. The van der Waals surface area contributed by atoms with Crippen LogP contribution >= 0.6 is 0 Å². The first kappa shape index (κ1) is 39.4. The lowest BCUT2D eigenvalue weighted by atomic mass is 9.77. The molecule has 0 radical (unpaired) electrons. The van der Waals surface area contributed by atoms with Crippen LogP contribution in [0.15, 0.2) is 60.7 Å². The van der Waals surface area contributed by atoms with Crippen molar-refractivity contribution >= 4 is 29.7 Å². The van der Waals surface area contributed by atoms with Crippen LogP contribution in [0.2, 0.25) is 0 Å². The number of ether oxygens (including phenoxy) is 3. The number of benzene rings is 4. The van der Waals surface area contributed by atoms with E-state index in [1.54, 1.807) is 42.5 Å². The number of carbonyl (C=O) groups is 3. The molecule has 288 valence electrons. The molecular weight excluding hydrogens is 712 g/mol. The van der Waals surface area contributed by atoms with Crippen molar-refractivity contribution in [3.8, 4) is 17.2 Å². The number of nitrogens with two attached hydrogens (primary N) is 2. The number of aliphatic hydroxyl groups is 5. The van der Waals surface area contributed by atoms with Gasteiger partial charge in [-0.3, -0.25) is 14.4 Å². The molecule has 0 spiro atoms. The van der Waals surface area contributed by atoms with Gasteiger partial charge in [0.1, 0.15) is 35.6 Å². The molecule has 10 N–H and O–H groups in total. The number of rotatable bonds is 11. The fraction of sp³-hybridized carbons (Fsp3) is 0.293. The monoisotopic (exact) mass is 754 g/mol. The molecule has 1 aliphatic carbocycles. The molecule has 4 aromatic rings. The van der Waals surface area contributed by atoms with E-state index in [2.05, 4.69) is 0 Å². The van der Waals surface area contributed by atoms with E-state index in [9.17, 15) is 45.0 Å². The third kappa shape index (κ3) is 7.80. The van der Waals surface area contributed by atoms with E-state index in [1.807, 2.05) is 12.1 Å². The van der Waals surface area contributed by atoms with E-state index in [4.69, 9.17) is 25.7 Å². The van der Waals surface area contributed by atoms with Crippen LogP contribution in [-0.4, -0.2) is 85.5 Å². The van der Waals surface area contributed by atoms with Crippen molar-refractivity contribution in [1.29, 1.82) is 0 Å². The Balaban J connectivity index is 1.55. The van der Waals surface area contributed by atoms with Crippen LogP contribution in [0, 0.1) is 0 Å². The molecule has 0 amide bonds. The maximum atomic E-state index is 14.7. The minimum absolute atomic E-state index is 0.000111. The molecule has 14 heteroatoms. The van der Waals surface area contributed by atoms with Crippen molar-refractivity contribution in [1.82, 2.24) is 0 Å². The summed E-state index contributed by atoms with van der Waals surface area (Å²) in [7, 11) is 0. The zero-order chi connectivity index (χ0) is 39.7. The second-order valence-corrected chi connectivity index (χ2v) is 13.5. The number of esters is 1. The molecular formula is C41H42N2O12. The lowest BCUT2D eigenvalue weighted by molar-refractivity contribution is -0.268. The van der Waals surface area contributed by atoms with Gasteiger partial charge in [0.15, 0.2) is 11.6 Å². The molecule has 55 heavy (non-hydrogen) atoms. The number of fused-ring (bicyclic) bond motifs is 2. The average molecular weight is 755 g/mol. The van der Waals surface area contributed by atoms with Crippen molar-refractivity contribution in [2.45, 2.75) is 70.2 Å². The van der Waals surface area contributed by atoms with Crippen LogP contribution in [0.3, 0.4) is 0 Å². The molecule has 0 saturated carbocycles. The maximum absolute atomic E-state index is 14.7. The van der Waals surface area contributed by atoms with Crippen molar-refractivity contribution in [2.75, 3.05) is 6.61 Å². The Morgan fingerprint density at radius 2 is 1.60 bits per heavy atom. The van der Waals surface area contributed by atoms with E-state index in [0.29, 0.717) is 23.1 Å². The SMILES string of the molecule is CC(=O)Oc1cc(CO)c2c(c1C=Cc1cccc(CCO)c1)C(=O)c1cc(O[C@H]3O[C@H](C)[C@@H](O)[C@@H](O)[C@H]3O)c(Cc3cccc(C(N)N)c3)c(O)c1C2=O. The Hall–Kier alpha value is -5.29. The topological polar surface area (TPSA) is 252 Å². The van der Waals surface area contributed by atoms with E-state index in [0.717, 1.165) is 12.5 Å². The summed E-state index contributed by atoms with van der Waals surface area (Å²) in [5.41, 5.74) is 13.3. The quantitative estimate of drug-likeness (QED) is 0.0416. The number of hydrogen-bond acceptors (Lipinski definition) is 14. The van der Waals surface area contributed by atoms with Crippen molar-refractivity contribution in [3.63, 3.8) is 0 Å². The number of ketones is 2. The summed E-state index contributed by atoms with van der Waals surface area (Å²) in [4.78, 5) is 41.6. The number of phenols is 1.